The van der Waals surface area contributed by atoms with Crippen molar-refractivity contribution in [3.05, 3.63) is 29.8 Å². The highest BCUT2D eigenvalue weighted by molar-refractivity contribution is 5.75. The summed E-state index contributed by atoms with van der Waals surface area (Å²) in [6, 6.07) is 7.81. The summed E-state index contributed by atoms with van der Waals surface area (Å²) in [6.45, 7) is 5.82. The molecule has 0 saturated heterocycles. The van der Waals surface area contributed by atoms with E-state index in [4.69, 9.17) is 15.2 Å². The van der Waals surface area contributed by atoms with Crippen LogP contribution in [-0.2, 0) is 16.0 Å². The van der Waals surface area contributed by atoms with Gasteiger partial charge in [0.25, 0.3) is 0 Å². The Bertz CT molecular complexity index is 427. The van der Waals surface area contributed by atoms with Crippen molar-refractivity contribution in [3.63, 3.8) is 0 Å². The van der Waals surface area contributed by atoms with Gasteiger partial charge in [0.05, 0.1) is 12.5 Å². The van der Waals surface area contributed by atoms with Gasteiger partial charge in [0.15, 0.2) is 0 Å². The average Bonchev–Trinajstić information content (AvgIpc) is 2.36. The van der Waals surface area contributed by atoms with Crippen LogP contribution < -0.4 is 10.5 Å². The first-order chi connectivity index (χ1) is 8.86. The number of benzene rings is 1. The number of methoxy groups -OCH3 is 1. The van der Waals surface area contributed by atoms with Crippen LogP contribution in [0.1, 0.15) is 26.3 Å². The summed E-state index contributed by atoms with van der Waals surface area (Å²) >= 11 is 0. The second-order valence-electron chi connectivity index (χ2n) is 5.45. The molecule has 0 heterocycles. The molecule has 0 aliphatic rings. The number of carbonyl (C=O) groups is 1. The lowest BCUT2D eigenvalue weighted by molar-refractivity contribution is -0.152. The largest absolute Gasteiger partial charge is 0.492 e. The number of hydrogen-bond donors (Lipinski definition) is 1. The maximum atomic E-state index is 11.6. The molecule has 0 fully saturated rings. The number of hydrogen-bond acceptors (Lipinski definition) is 4. The number of nitrogens with two attached hydrogens (primary N) is 1. The molecule has 4 heteroatoms. The minimum Gasteiger partial charge on any atom is -0.492 e. The van der Waals surface area contributed by atoms with E-state index in [0.717, 1.165) is 17.7 Å². The first kappa shape index (κ1) is 15.5. The number of ether oxygens (including phenoxy) is 2. The molecule has 0 spiro atoms. The molecule has 106 valence electrons. The van der Waals surface area contributed by atoms with E-state index in [9.17, 15) is 4.79 Å². The van der Waals surface area contributed by atoms with E-state index < -0.39 is 5.41 Å². The van der Waals surface area contributed by atoms with E-state index in [1.807, 2.05) is 31.2 Å². The van der Waals surface area contributed by atoms with Gasteiger partial charge in [-0.2, -0.15) is 0 Å². The van der Waals surface area contributed by atoms with E-state index in [-0.39, 0.29) is 18.6 Å². The molecule has 1 atom stereocenters. The van der Waals surface area contributed by atoms with Crippen LogP contribution in [-0.4, -0.2) is 25.7 Å². The number of rotatable bonds is 6. The van der Waals surface area contributed by atoms with Crippen molar-refractivity contribution in [2.24, 2.45) is 11.1 Å². The van der Waals surface area contributed by atoms with Gasteiger partial charge < -0.3 is 15.2 Å². The van der Waals surface area contributed by atoms with Crippen LogP contribution in [0.15, 0.2) is 24.3 Å². The summed E-state index contributed by atoms with van der Waals surface area (Å²) in [7, 11) is 1.38. The van der Waals surface area contributed by atoms with E-state index in [0.29, 0.717) is 0 Å². The van der Waals surface area contributed by atoms with Gasteiger partial charge in [-0.25, -0.2) is 0 Å². The van der Waals surface area contributed by atoms with Gasteiger partial charge in [-0.05, 0) is 38.8 Å². The van der Waals surface area contributed by atoms with Crippen molar-refractivity contribution in [3.8, 4) is 5.75 Å². The molecular weight excluding hydrogens is 242 g/mol. The van der Waals surface area contributed by atoms with Crippen molar-refractivity contribution in [2.75, 3.05) is 13.7 Å². The van der Waals surface area contributed by atoms with Gasteiger partial charge >= 0.3 is 5.97 Å². The summed E-state index contributed by atoms with van der Waals surface area (Å²) in [5.41, 5.74) is 6.20. The maximum absolute atomic E-state index is 11.6. The summed E-state index contributed by atoms with van der Waals surface area (Å²) in [5.74, 6) is 0.494. The third-order valence-electron chi connectivity index (χ3n) is 2.84. The molecule has 1 rings (SSSR count). The third-order valence-corrected chi connectivity index (χ3v) is 2.84. The zero-order valence-corrected chi connectivity index (χ0v) is 12.1. The molecule has 2 N–H and O–H groups in total. The molecule has 0 aliphatic carbocycles. The zero-order valence-electron chi connectivity index (χ0n) is 12.1. The Morgan fingerprint density at radius 2 is 2.00 bits per heavy atom. The zero-order chi connectivity index (χ0) is 14.5. The molecule has 0 amide bonds. The Morgan fingerprint density at radius 1 is 1.37 bits per heavy atom. The van der Waals surface area contributed by atoms with Crippen molar-refractivity contribution in [1.29, 1.82) is 0 Å². The second kappa shape index (κ2) is 6.57. The smallest absolute Gasteiger partial charge is 0.314 e. The van der Waals surface area contributed by atoms with Crippen molar-refractivity contribution in [1.82, 2.24) is 0 Å². The summed E-state index contributed by atoms with van der Waals surface area (Å²) in [4.78, 5) is 11.6. The topological polar surface area (TPSA) is 61.5 Å². The highest BCUT2D eigenvalue weighted by Gasteiger charge is 2.30. The Balaban J connectivity index is 2.75. The first-order valence-electron chi connectivity index (χ1n) is 6.41. The van der Waals surface area contributed by atoms with Crippen LogP contribution in [0.3, 0.4) is 0 Å². The quantitative estimate of drug-likeness (QED) is 0.801. The SMILES string of the molecule is COC(=O)C(C)(C)COc1ccccc1CC(C)N. The first-order valence-corrected chi connectivity index (χ1v) is 6.41. The highest BCUT2D eigenvalue weighted by Crippen LogP contribution is 2.24. The average molecular weight is 265 g/mol. The minimum atomic E-state index is -0.670. The van der Waals surface area contributed by atoms with Crippen molar-refractivity contribution >= 4 is 5.97 Å². The van der Waals surface area contributed by atoms with Crippen LogP contribution in [0, 0.1) is 5.41 Å². The Labute approximate surface area is 114 Å². The fraction of sp³-hybridized carbons (Fsp3) is 0.533. The Hall–Kier alpha value is -1.55. The summed E-state index contributed by atoms with van der Waals surface area (Å²) < 4.78 is 10.5. The third kappa shape index (κ3) is 4.56. The monoisotopic (exact) mass is 265 g/mol. The van der Waals surface area contributed by atoms with Gasteiger partial charge in [-0.1, -0.05) is 18.2 Å². The van der Waals surface area contributed by atoms with E-state index in [1.165, 1.54) is 7.11 Å². The Morgan fingerprint density at radius 3 is 2.58 bits per heavy atom. The van der Waals surface area contributed by atoms with E-state index >= 15 is 0 Å². The lowest BCUT2D eigenvalue weighted by Gasteiger charge is -2.22. The van der Waals surface area contributed by atoms with Crippen LogP contribution in [0.4, 0.5) is 0 Å². The molecule has 0 radical (unpaired) electrons. The molecule has 1 aromatic carbocycles. The standard InChI is InChI=1S/C15H23NO3/c1-11(16)9-12-7-5-6-8-13(12)19-10-15(2,3)14(17)18-4/h5-8,11H,9-10,16H2,1-4H3. The molecule has 1 unspecified atom stereocenters. The van der Waals surface area contributed by atoms with Crippen LogP contribution in [0.25, 0.3) is 0 Å². The van der Waals surface area contributed by atoms with Crippen molar-refractivity contribution < 1.29 is 14.3 Å². The summed E-state index contributed by atoms with van der Waals surface area (Å²) in [5, 5.41) is 0. The fourth-order valence-electron chi connectivity index (χ4n) is 1.75. The van der Waals surface area contributed by atoms with Crippen molar-refractivity contribution in [2.45, 2.75) is 33.2 Å². The molecule has 0 aliphatic heterocycles. The highest BCUT2D eigenvalue weighted by atomic mass is 16.5. The normalized spacial score (nSPS) is 12.9. The van der Waals surface area contributed by atoms with E-state index in [2.05, 4.69) is 0 Å². The van der Waals surface area contributed by atoms with E-state index in [1.54, 1.807) is 13.8 Å². The second-order valence-corrected chi connectivity index (χ2v) is 5.45. The van der Waals surface area contributed by atoms with Gasteiger partial charge in [0.2, 0.25) is 0 Å². The molecular formula is C15H23NO3. The van der Waals surface area contributed by atoms with Gasteiger partial charge in [-0.15, -0.1) is 0 Å². The van der Waals surface area contributed by atoms with Gasteiger partial charge in [0.1, 0.15) is 12.4 Å². The number of esters is 1. The van der Waals surface area contributed by atoms with Crippen LogP contribution >= 0.6 is 0 Å². The molecule has 4 nitrogen and oxygen atoms in total. The van der Waals surface area contributed by atoms with Crippen LogP contribution in [0.5, 0.6) is 5.75 Å². The number of para-hydroxylation sites is 1. The molecule has 19 heavy (non-hydrogen) atoms. The van der Waals surface area contributed by atoms with Gasteiger partial charge in [0, 0.05) is 6.04 Å². The molecule has 1 aromatic rings. The van der Waals surface area contributed by atoms with Crippen LogP contribution in [0.2, 0.25) is 0 Å². The maximum Gasteiger partial charge on any atom is 0.314 e. The molecule has 0 aromatic heterocycles. The predicted molar refractivity (Wildman–Crippen MR) is 75.1 cm³/mol. The minimum absolute atomic E-state index is 0.0679. The predicted octanol–water partition coefficient (Wildman–Crippen LogP) is 2.15. The molecule has 0 bridgehead atoms. The lowest BCUT2D eigenvalue weighted by Crippen LogP contribution is -2.32. The fourth-order valence-corrected chi connectivity index (χ4v) is 1.75. The lowest BCUT2D eigenvalue weighted by atomic mass is 9.95. The number of carbonyl (C=O) groups excluding carboxylic acids is 1. The summed E-state index contributed by atoms with van der Waals surface area (Å²) in [6.07, 6.45) is 0.745. The molecule has 0 saturated carbocycles. The van der Waals surface area contributed by atoms with Gasteiger partial charge in [-0.3, -0.25) is 4.79 Å². The Kier molecular flexibility index (Phi) is 5.36.